The number of amides is 1. The molecule has 178 valence electrons. The van der Waals surface area contributed by atoms with Gasteiger partial charge in [0.1, 0.15) is 0 Å². The highest BCUT2D eigenvalue weighted by atomic mass is 19.4. The molecule has 2 aliphatic rings. The van der Waals surface area contributed by atoms with Gasteiger partial charge in [-0.3, -0.25) is 4.79 Å². The van der Waals surface area contributed by atoms with Crippen molar-refractivity contribution in [3.8, 4) is 0 Å². The highest BCUT2D eigenvalue weighted by Gasteiger charge is 2.39. The minimum atomic E-state index is -4.41. The average molecular weight is 470 g/mol. The lowest BCUT2D eigenvalue weighted by Gasteiger charge is -2.42. The molecule has 1 aliphatic heterocycles. The number of carbonyl (C=O) groups is 1. The van der Waals surface area contributed by atoms with Crippen LogP contribution in [0.15, 0.2) is 42.5 Å². The smallest absolute Gasteiger partial charge is 0.368 e. The van der Waals surface area contributed by atoms with Crippen molar-refractivity contribution < 1.29 is 31.1 Å². The largest absolute Gasteiger partial charge is 0.416 e. The first-order valence-electron chi connectivity index (χ1n) is 10.8. The first-order chi connectivity index (χ1) is 15.4. The molecule has 0 N–H and O–H groups in total. The molecule has 3 nitrogen and oxygen atoms in total. The van der Waals surface area contributed by atoms with Gasteiger partial charge in [0.05, 0.1) is 11.1 Å². The maximum absolute atomic E-state index is 13.1. The second-order valence-electron chi connectivity index (χ2n) is 8.80. The molecule has 0 spiro atoms. The van der Waals surface area contributed by atoms with Crippen LogP contribution in [0.25, 0.3) is 0 Å². The number of carbonyl (C=O) groups excluding carboxylic acids is 1. The lowest BCUT2D eigenvalue weighted by molar-refractivity contribution is -0.139. The van der Waals surface area contributed by atoms with Crippen LogP contribution in [-0.4, -0.2) is 37.0 Å². The molecule has 4 rings (SSSR count). The number of anilines is 1. The molecule has 1 heterocycles. The third kappa shape index (κ3) is 4.96. The third-order valence-electron chi connectivity index (χ3n) is 6.67. The fourth-order valence-corrected chi connectivity index (χ4v) is 4.59. The van der Waals surface area contributed by atoms with Gasteiger partial charge in [-0.2, -0.15) is 26.3 Å². The molecule has 1 saturated carbocycles. The first-order valence-corrected chi connectivity index (χ1v) is 10.8. The van der Waals surface area contributed by atoms with E-state index in [2.05, 4.69) is 0 Å². The standard InChI is InChI=1S/C24H24F6N2O/c1-15-2-5-20(24(28,29)30)14-21(15)31-8-10-32(11-9-31)22(33)18-12-17(13-18)16-3-6-19(7-4-16)23(25,26)27/h2-7,14,17-18H,8-13H2,1H3/t17-,18+. The molecule has 0 bridgehead atoms. The minimum absolute atomic E-state index is 0.0126. The van der Waals surface area contributed by atoms with Crippen molar-refractivity contribution in [2.75, 3.05) is 31.1 Å². The van der Waals surface area contributed by atoms with Crippen molar-refractivity contribution in [3.63, 3.8) is 0 Å². The Balaban J connectivity index is 1.31. The topological polar surface area (TPSA) is 23.6 Å². The second kappa shape index (κ2) is 8.57. The summed E-state index contributed by atoms with van der Waals surface area (Å²) < 4.78 is 77.4. The van der Waals surface area contributed by atoms with Crippen molar-refractivity contribution in [1.29, 1.82) is 0 Å². The van der Waals surface area contributed by atoms with Gasteiger partial charge in [0.15, 0.2) is 0 Å². The summed E-state index contributed by atoms with van der Waals surface area (Å²) in [5, 5.41) is 0. The Bertz CT molecular complexity index is 1000. The Morgan fingerprint density at radius 3 is 1.91 bits per heavy atom. The summed E-state index contributed by atoms with van der Waals surface area (Å²) >= 11 is 0. The molecule has 0 radical (unpaired) electrons. The van der Waals surface area contributed by atoms with E-state index in [0.717, 1.165) is 35.4 Å². The van der Waals surface area contributed by atoms with Gasteiger partial charge in [0.25, 0.3) is 0 Å². The van der Waals surface area contributed by atoms with Gasteiger partial charge < -0.3 is 9.80 Å². The van der Waals surface area contributed by atoms with Crippen LogP contribution in [0.1, 0.15) is 41.0 Å². The van der Waals surface area contributed by atoms with E-state index in [0.29, 0.717) is 44.7 Å². The zero-order valence-corrected chi connectivity index (χ0v) is 18.0. The molecule has 0 unspecified atom stereocenters. The summed E-state index contributed by atoms with van der Waals surface area (Å²) in [6.07, 6.45) is -7.59. The molecule has 0 aromatic heterocycles. The first kappa shape index (κ1) is 23.4. The number of alkyl halides is 6. The van der Waals surface area contributed by atoms with Crippen molar-refractivity contribution in [2.24, 2.45) is 5.92 Å². The Morgan fingerprint density at radius 1 is 0.818 bits per heavy atom. The van der Waals surface area contributed by atoms with Gasteiger partial charge in [-0.1, -0.05) is 18.2 Å². The number of hydrogen-bond donors (Lipinski definition) is 0. The summed E-state index contributed by atoms with van der Waals surface area (Å²) in [6.45, 7) is 3.51. The maximum Gasteiger partial charge on any atom is 0.416 e. The van der Waals surface area contributed by atoms with Crippen LogP contribution in [-0.2, 0) is 17.1 Å². The molecule has 9 heteroatoms. The van der Waals surface area contributed by atoms with Gasteiger partial charge in [-0.15, -0.1) is 0 Å². The molecule has 1 amide bonds. The Labute approximate surface area is 188 Å². The Hall–Kier alpha value is -2.71. The summed E-state index contributed by atoms with van der Waals surface area (Å²) in [5.74, 6) is -0.0898. The number of aryl methyl sites for hydroxylation is 1. The minimum Gasteiger partial charge on any atom is -0.368 e. The van der Waals surface area contributed by atoms with E-state index < -0.39 is 23.5 Å². The van der Waals surface area contributed by atoms with Gasteiger partial charge in [-0.05, 0) is 61.1 Å². The number of nitrogens with zero attached hydrogens (tertiary/aromatic N) is 2. The highest BCUT2D eigenvalue weighted by molar-refractivity contribution is 5.80. The molecule has 0 atom stereocenters. The summed E-state index contributed by atoms with van der Waals surface area (Å²) in [4.78, 5) is 16.5. The average Bonchev–Trinajstić information content (AvgIpc) is 2.72. The molecule has 1 aliphatic carbocycles. The van der Waals surface area contributed by atoms with Gasteiger partial charge >= 0.3 is 12.4 Å². The van der Waals surface area contributed by atoms with Crippen LogP contribution in [0.5, 0.6) is 0 Å². The number of hydrogen-bond acceptors (Lipinski definition) is 2. The predicted octanol–water partition coefficient (Wildman–Crippen LogP) is 5.88. The molecular weight excluding hydrogens is 446 g/mol. The Kier molecular flexibility index (Phi) is 6.09. The van der Waals surface area contributed by atoms with Crippen molar-refractivity contribution in [1.82, 2.24) is 4.90 Å². The van der Waals surface area contributed by atoms with Crippen LogP contribution >= 0.6 is 0 Å². The predicted molar refractivity (Wildman–Crippen MR) is 112 cm³/mol. The summed E-state index contributed by atoms with van der Waals surface area (Å²) in [7, 11) is 0. The zero-order chi connectivity index (χ0) is 24.0. The molecule has 1 saturated heterocycles. The van der Waals surface area contributed by atoms with Gasteiger partial charge in [0, 0.05) is 37.8 Å². The number of halogens is 6. The molecule has 33 heavy (non-hydrogen) atoms. The zero-order valence-electron chi connectivity index (χ0n) is 18.0. The van der Waals surface area contributed by atoms with Gasteiger partial charge in [-0.25, -0.2) is 0 Å². The molecule has 2 fully saturated rings. The van der Waals surface area contributed by atoms with E-state index in [9.17, 15) is 31.1 Å². The number of piperazine rings is 1. The van der Waals surface area contributed by atoms with Crippen LogP contribution in [0, 0.1) is 12.8 Å². The summed E-state index contributed by atoms with van der Waals surface area (Å²) in [6, 6.07) is 8.79. The molecule has 2 aromatic carbocycles. The lowest BCUT2D eigenvalue weighted by atomic mass is 9.70. The number of rotatable bonds is 3. The maximum atomic E-state index is 13.1. The summed E-state index contributed by atoms with van der Waals surface area (Å²) in [5.41, 5.74) is 0.707. The second-order valence-corrected chi connectivity index (χ2v) is 8.80. The van der Waals surface area contributed by atoms with Crippen LogP contribution in [0.2, 0.25) is 0 Å². The van der Waals surface area contributed by atoms with E-state index in [1.807, 2.05) is 4.90 Å². The highest BCUT2D eigenvalue weighted by Crippen LogP contribution is 2.43. The fraction of sp³-hybridized carbons (Fsp3) is 0.458. The monoisotopic (exact) mass is 470 g/mol. The SMILES string of the molecule is Cc1ccc(C(F)(F)F)cc1N1CCN(C(=O)[C@H]2C[C@@H](c3ccc(C(F)(F)F)cc3)C2)CC1. The van der Waals surface area contributed by atoms with Crippen LogP contribution in [0.4, 0.5) is 32.0 Å². The third-order valence-corrected chi connectivity index (χ3v) is 6.67. The van der Waals surface area contributed by atoms with Crippen molar-refractivity contribution in [3.05, 3.63) is 64.7 Å². The van der Waals surface area contributed by atoms with Gasteiger partial charge in [0.2, 0.25) is 5.91 Å². The lowest BCUT2D eigenvalue weighted by Crippen LogP contribution is -2.52. The van der Waals surface area contributed by atoms with Crippen molar-refractivity contribution >= 4 is 11.6 Å². The van der Waals surface area contributed by atoms with Crippen LogP contribution in [0.3, 0.4) is 0 Å². The Morgan fingerprint density at radius 2 is 1.36 bits per heavy atom. The molecule has 2 aromatic rings. The fourth-order valence-electron chi connectivity index (χ4n) is 4.59. The van der Waals surface area contributed by atoms with Crippen molar-refractivity contribution in [2.45, 2.75) is 38.0 Å². The molecular formula is C24H24F6N2O. The van der Waals surface area contributed by atoms with E-state index in [1.165, 1.54) is 18.2 Å². The number of benzene rings is 2. The quantitative estimate of drug-likeness (QED) is 0.524. The van der Waals surface area contributed by atoms with E-state index in [1.54, 1.807) is 11.8 Å². The normalized spacial score (nSPS) is 21.7. The van der Waals surface area contributed by atoms with Crippen LogP contribution < -0.4 is 4.90 Å². The van der Waals surface area contributed by atoms with E-state index >= 15 is 0 Å². The van der Waals surface area contributed by atoms with E-state index in [-0.39, 0.29) is 17.7 Å². The van der Waals surface area contributed by atoms with E-state index in [4.69, 9.17) is 0 Å².